The number of amides is 1. The number of nitrogens with one attached hydrogen (secondary N) is 1. The lowest BCUT2D eigenvalue weighted by Gasteiger charge is -2.14. The van der Waals surface area contributed by atoms with Gasteiger partial charge < -0.3 is 14.8 Å². The molecule has 0 unspecified atom stereocenters. The maximum atomic E-state index is 12.6. The Morgan fingerprint density at radius 1 is 1.25 bits per heavy atom. The minimum Gasteiger partial charge on any atom is -0.497 e. The smallest absolute Gasteiger partial charge is 0.274 e. The van der Waals surface area contributed by atoms with Crippen LogP contribution in [0.5, 0.6) is 11.5 Å². The van der Waals surface area contributed by atoms with Crippen molar-refractivity contribution >= 4 is 33.2 Å². The number of halogens is 1. The molecule has 0 radical (unpaired) electrons. The maximum Gasteiger partial charge on any atom is 0.274 e. The molecule has 0 aromatic heterocycles. The Kier molecular flexibility index (Phi) is 5.40. The van der Waals surface area contributed by atoms with Crippen molar-refractivity contribution in [3.8, 4) is 11.5 Å². The molecule has 0 aliphatic rings. The first-order chi connectivity index (χ1) is 11.4. The van der Waals surface area contributed by atoms with Crippen LogP contribution in [0.2, 0.25) is 0 Å². The monoisotopic (exact) mass is 394 g/mol. The molecule has 126 valence electrons. The summed E-state index contributed by atoms with van der Waals surface area (Å²) in [6.45, 7) is 1.58. The fraction of sp³-hybridized carbons (Fsp3) is 0.188. The van der Waals surface area contributed by atoms with Crippen LogP contribution in [-0.4, -0.2) is 25.1 Å². The van der Waals surface area contributed by atoms with Gasteiger partial charge in [-0.15, -0.1) is 0 Å². The SMILES string of the molecule is COc1cc(Br)c(OC)c(C(=O)Nc2cccc([N+](=O)[O-])c2C)c1. The van der Waals surface area contributed by atoms with Gasteiger partial charge >= 0.3 is 0 Å². The van der Waals surface area contributed by atoms with Crippen LogP contribution >= 0.6 is 15.9 Å². The number of methoxy groups -OCH3 is 2. The normalized spacial score (nSPS) is 10.2. The van der Waals surface area contributed by atoms with Gasteiger partial charge in [-0.1, -0.05) is 6.07 Å². The molecule has 0 heterocycles. The van der Waals surface area contributed by atoms with Crippen LogP contribution in [0.4, 0.5) is 11.4 Å². The standard InChI is InChI=1S/C16H15BrN2O5/c1-9-13(5-4-6-14(9)19(21)22)18-16(20)11-7-10(23-2)8-12(17)15(11)24-3/h4-8H,1-3H3,(H,18,20). The van der Waals surface area contributed by atoms with Crippen molar-refractivity contribution in [2.45, 2.75) is 6.92 Å². The largest absolute Gasteiger partial charge is 0.497 e. The fourth-order valence-corrected chi connectivity index (χ4v) is 2.81. The summed E-state index contributed by atoms with van der Waals surface area (Å²) in [5, 5.41) is 13.7. The first-order valence-corrected chi connectivity index (χ1v) is 7.65. The molecule has 0 bridgehead atoms. The molecule has 0 atom stereocenters. The zero-order chi connectivity index (χ0) is 17.9. The van der Waals surface area contributed by atoms with Gasteiger partial charge in [0.1, 0.15) is 11.5 Å². The Labute approximate surface area is 146 Å². The molecule has 2 rings (SSSR count). The molecule has 7 nitrogen and oxygen atoms in total. The molecule has 0 saturated carbocycles. The van der Waals surface area contributed by atoms with E-state index in [9.17, 15) is 14.9 Å². The molecule has 2 aromatic rings. The van der Waals surface area contributed by atoms with Crippen molar-refractivity contribution < 1.29 is 19.2 Å². The van der Waals surface area contributed by atoms with E-state index in [1.807, 2.05) is 0 Å². The Morgan fingerprint density at radius 3 is 2.54 bits per heavy atom. The second kappa shape index (κ2) is 7.31. The Morgan fingerprint density at radius 2 is 1.96 bits per heavy atom. The average Bonchev–Trinajstić information content (AvgIpc) is 2.55. The lowest BCUT2D eigenvalue weighted by Crippen LogP contribution is -2.15. The van der Waals surface area contributed by atoms with Crippen molar-refractivity contribution in [1.29, 1.82) is 0 Å². The molecule has 0 aliphatic carbocycles. The third-order valence-electron chi connectivity index (χ3n) is 3.45. The summed E-state index contributed by atoms with van der Waals surface area (Å²) in [7, 11) is 2.93. The van der Waals surface area contributed by atoms with Crippen molar-refractivity contribution in [3.63, 3.8) is 0 Å². The maximum absolute atomic E-state index is 12.6. The fourth-order valence-electron chi connectivity index (χ4n) is 2.21. The van der Waals surface area contributed by atoms with Crippen LogP contribution in [0.25, 0.3) is 0 Å². The van der Waals surface area contributed by atoms with Crippen LogP contribution in [0, 0.1) is 17.0 Å². The number of hydrogen-bond acceptors (Lipinski definition) is 5. The number of hydrogen-bond donors (Lipinski definition) is 1. The Balaban J connectivity index is 2.43. The van der Waals surface area contributed by atoms with Gasteiger partial charge in [-0.25, -0.2) is 0 Å². The summed E-state index contributed by atoms with van der Waals surface area (Å²) in [4.78, 5) is 23.1. The number of nitro benzene ring substituents is 1. The van der Waals surface area contributed by atoms with E-state index in [1.165, 1.54) is 32.4 Å². The highest BCUT2D eigenvalue weighted by atomic mass is 79.9. The number of nitro groups is 1. The Bertz CT molecular complexity index is 807. The van der Waals surface area contributed by atoms with Gasteiger partial charge in [0.25, 0.3) is 11.6 Å². The lowest BCUT2D eigenvalue weighted by atomic mass is 10.1. The molecular weight excluding hydrogens is 380 g/mol. The highest BCUT2D eigenvalue weighted by Gasteiger charge is 2.20. The predicted molar refractivity (Wildman–Crippen MR) is 93.0 cm³/mol. The van der Waals surface area contributed by atoms with E-state index in [4.69, 9.17) is 9.47 Å². The quantitative estimate of drug-likeness (QED) is 0.612. The number of carbonyl (C=O) groups excluding carboxylic acids is 1. The van der Waals surface area contributed by atoms with Gasteiger partial charge in [-0.3, -0.25) is 14.9 Å². The first-order valence-electron chi connectivity index (χ1n) is 6.86. The molecule has 8 heteroatoms. The molecule has 0 saturated heterocycles. The van der Waals surface area contributed by atoms with Gasteiger partial charge in [0.2, 0.25) is 0 Å². The summed E-state index contributed by atoms with van der Waals surface area (Å²) < 4.78 is 11.0. The van der Waals surface area contributed by atoms with Crippen molar-refractivity contribution in [3.05, 3.63) is 56.0 Å². The van der Waals surface area contributed by atoms with E-state index in [0.717, 1.165) is 0 Å². The molecule has 2 aromatic carbocycles. The van der Waals surface area contributed by atoms with Gasteiger partial charge in [0.15, 0.2) is 0 Å². The molecule has 24 heavy (non-hydrogen) atoms. The zero-order valence-electron chi connectivity index (χ0n) is 13.3. The summed E-state index contributed by atoms with van der Waals surface area (Å²) >= 11 is 3.32. The van der Waals surface area contributed by atoms with E-state index < -0.39 is 10.8 Å². The second-order valence-corrected chi connectivity index (χ2v) is 5.71. The topological polar surface area (TPSA) is 90.7 Å². The van der Waals surface area contributed by atoms with Gasteiger partial charge in [-0.2, -0.15) is 0 Å². The van der Waals surface area contributed by atoms with Crippen molar-refractivity contribution in [1.82, 2.24) is 0 Å². The first kappa shape index (κ1) is 17.7. The number of benzene rings is 2. The van der Waals surface area contributed by atoms with E-state index in [0.29, 0.717) is 27.2 Å². The van der Waals surface area contributed by atoms with Crippen LogP contribution in [0.3, 0.4) is 0 Å². The molecule has 0 aliphatic heterocycles. The zero-order valence-corrected chi connectivity index (χ0v) is 14.8. The van der Waals surface area contributed by atoms with Gasteiger partial charge in [-0.05, 0) is 41.1 Å². The van der Waals surface area contributed by atoms with E-state index >= 15 is 0 Å². The summed E-state index contributed by atoms with van der Waals surface area (Å²) in [6.07, 6.45) is 0. The van der Waals surface area contributed by atoms with Gasteiger partial charge in [0, 0.05) is 6.07 Å². The third kappa shape index (κ3) is 3.48. The molecule has 1 amide bonds. The summed E-state index contributed by atoms with van der Waals surface area (Å²) in [5.41, 5.74) is 0.910. The summed E-state index contributed by atoms with van der Waals surface area (Å²) in [6, 6.07) is 7.70. The van der Waals surface area contributed by atoms with E-state index in [-0.39, 0.29) is 11.3 Å². The predicted octanol–water partition coefficient (Wildman–Crippen LogP) is 3.94. The highest BCUT2D eigenvalue weighted by Crippen LogP contribution is 2.34. The van der Waals surface area contributed by atoms with Gasteiger partial charge in [0.05, 0.1) is 40.4 Å². The van der Waals surface area contributed by atoms with Crippen LogP contribution < -0.4 is 14.8 Å². The number of ether oxygens (including phenoxy) is 2. The second-order valence-electron chi connectivity index (χ2n) is 4.85. The molecule has 1 N–H and O–H groups in total. The number of anilines is 1. The summed E-state index contributed by atoms with van der Waals surface area (Å²) in [5.74, 6) is 0.357. The highest BCUT2D eigenvalue weighted by molar-refractivity contribution is 9.10. The van der Waals surface area contributed by atoms with Crippen LogP contribution in [0.1, 0.15) is 15.9 Å². The minimum atomic E-state index is -0.492. The lowest BCUT2D eigenvalue weighted by molar-refractivity contribution is -0.385. The molecule has 0 fully saturated rings. The molecule has 0 spiro atoms. The number of nitrogens with zero attached hydrogens (tertiary/aromatic N) is 1. The average molecular weight is 395 g/mol. The van der Waals surface area contributed by atoms with E-state index in [2.05, 4.69) is 21.2 Å². The van der Waals surface area contributed by atoms with Crippen LogP contribution in [-0.2, 0) is 0 Å². The Hall–Kier alpha value is -2.61. The number of rotatable bonds is 5. The van der Waals surface area contributed by atoms with E-state index in [1.54, 1.807) is 19.1 Å². The minimum absolute atomic E-state index is 0.0633. The molecular formula is C16H15BrN2O5. The number of carbonyl (C=O) groups is 1. The third-order valence-corrected chi connectivity index (χ3v) is 4.04. The van der Waals surface area contributed by atoms with Crippen molar-refractivity contribution in [2.75, 3.05) is 19.5 Å². The van der Waals surface area contributed by atoms with Crippen LogP contribution in [0.15, 0.2) is 34.8 Å². The van der Waals surface area contributed by atoms with Crippen molar-refractivity contribution in [2.24, 2.45) is 0 Å².